The number of rotatable bonds is 5. The fraction of sp³-hybridized carbons (Fsp3) is 0.0588. The van der Waals surface area contributed by atoms with Gasteiger partial charge in [-0.15, -0.1) is 5.10 Å². The van der Waals surface area contributed by atoms with E-state index >= 15 is 0 Å². The first-order chi connectivity index (χ1) is 12.7. The first kappa shape index (κ1) is 16.0. The van der Waals surface area contributed by atoms with Gasteiger partial charge in [-0.25, -0.2) is 0 Å². The fourth-order valence-corrected chi connectivity index (χ4v) is 2.94. The average molecular weight is 367 g/mol. The predicted molar refractivity (Wildman–Crippen MR) is 96.1 cm³/mol. The lowest BCUT2D eigenvalue weighted by Crippen LogP contribution is -2.12. The van der Waals surface area contributed by atoms with Crippen LogP contribution in [0.4, 0.5) is 6.01 Å². The molecule has 130 valence electrons. The van der Waals surface area contributed by atoms with Crippen LogP contribution in [-0.2, 0) is 0 Å². The van der Waals surface area contributed by atoms with Crippen LogP contribution in [0.15, 0.2) is 51.6 Å². The number of ether oxygens (including phenoxy) is 1. The van der Waals surface area contributed by atoms with Crippen molar-refractivity contribution < 1.29 is 13.9 Å². The minimum absolute atomic E-state index is 0.0220. The van der Waals surface area contributed by atoms with Crippen LogP contribution in [0, 0.1) is 0 Å². The zero-order chi connectivity index (χ0) is 17.9. The maximum absolute atomic E-state index is 12.3. The molecule has 9 heteroatoms. The monoisotopic (exact) mass is 367 g/mol. The van der Waals surface area contributed by atoms with Crippen LogP contribution >= 0.6 is 11.3 Å². The molecule has 0 unspecified atom stereocenters. The Hall–Kier alpha value is -3.46. The number of aromatic nitrogens is 4. The van der Waals surface area contributed by atoms with Gasteiger partial charge in [-0.05, 0) is 29.6 Å². The number of amides is 1. The fourth-order valence-electron chi connectivity index (χ4n) is 2.31. The molecule has 0 saturated heterocycles. The minimum Gasteiger partial charge on any atom is -0.497 e. The predicted octanol–water partition coefficient (Wildman–Crippen LogP) is 3.45. The smallest absolute Gasteiger partial charge is 0.322 e. The van der Waals surface area contributed by atoms with Crippen LogP contribution in [0.3, 0.4) is 0 Å². The van der Waals surface area contributed by atoms with Crippen molar-refractivity contribution >= 4 is 23.3 Å². The summed E-state index contributed by atoms with van der Waals surface area (Å²) in [6.07, 6.45) is 0. The van der Waals surface area contributed by atoms with Crippen molar-refractivity contribution in [3.8, 4) is 28.5 Å². The molecule has 1 aromatic carbocycles. The molecule has 8 nitrogen and oxygen atoms in total. The number of benzene rings is 1. The molecule has 3 heterocycles. The maximum atomic E-state index is 12.3. The summed E-state index contributed by atoms with van der Waals surface area (Å²) >= 11 is 1.52. The molecule has 2 N–H and O–H groups in total. The molecule has 0 aliphatic rings. The second kappa shape index (κ2) is 6.81. The zero-order valence-corrected chi connectivity index (χ0v) is 14.4. The van der Waals surface area contributed by atoms with Gasteiger partial charge in [0.1, 0.15) is 11.4 Å². The van der Waals surface area contributed by atoms with Crippen LogP contribution < -0.4 is 10.1 Å². The molecule has 4 rings (SSSR count). The van der Waals surface area contributed by atoms with Crippen LogP contribution in [0.1, 0.15) is 10.5 Å². The number of anilines is 1. The summed E-state index contributed by atoms with van der Waals surface area (Å²) in [5.74, 6) is 0.638. The molecule has 0 atom stereocenters. The van der Waals surface area contributed by atoms with Crippen molar-refractivity contribution in [2.24, 2.45) is 0 Å². The van der Waals surface area contributed by atoms with E-state index in [-0.39, 0.29) is 11.7 Å². The van der Waals surface area contributed by atoms with Gasteiger partial charge in [0.05, 0.1) is 12.8 Å². The van der Waals surface area contributed by atoms with E-state index in [2.05, 4.69) is 25.7 Å². The highest BCUT2D eigenvalue weighted by atomic mass is 32.1. The number of carbonyl (C=O) groups is 1. The Morgan fingerprint density at radius 1 is 1.23 bits per heavy atom. The van der Waals surface area contributed by atoms with E-state index in [1.807, 2.05) is 41.1 Å². The first-order valence-corrected chi connectivity index (χ1v) is 8.54. The lowest BCUT2D eigenvalue weighted by molar-refractivity contribution is 0.101. The molecular weight excluding hydrogens is 354 g/mol. The Labute approximate surface area is 151 Å². The van der Waals surface area contributed by atoms with E-state index in [4.69, 9.17) is 9.15 Å². The maximum Gasteiger partial charge on any atom is 0.322 e. The van der Waals surface area contributed by atoms with Crippen molar-refractivity contribution in [2.75, 3.05) is 12.4 Å². The minimum atomic E-state index is -0.424. The van der Waals surface area contributed by atoms with Gasteiger partial charge in [-0.2, -0.15) is 16.4 Å². The number of nitrogens with zero attached hydrogens (tertiary/aromatic N) is 3. The zero-order valence-electron chi connectivity index (χ0n) is 13.6. The third-order valence-electron chi connectivity index (χ3n) is 3.60. The van der Waals surface area contributed by atoms with Crippen molar-refractivity contribution in [2.45, 2.75) is 0 Å². The molecule has 0 spiro atoms. The highest BCUT2D eigenvalue weighted by molar-refractivity contribution is 7.08. The number of nitrogens with one attached hydrogen (secondary N) is 2. The second-order valence-corrected chi connectivity index (χ2v) is 6.06. The highest BCUT2D eigenvalue weighted by Gasteiger charge is 2.15. The van der Waals surface area contributed by atoms with Gasteiger partial charge in [-0.3, -0.25) is 15.2 Å². The molecule has 1 amide bonds. The number of hydrogen-bond donors (Lipinski definition) is 2. The van der Waals surface area contributed by atoms with Crippen LogP contribution in [-0.4, -0.2) is 33.4 Å². The Morgan fingerprint density at radius 3 is 2.96 bits per heavy atom. The van der Waals surface area contributed by atoms with Gasteiger partial charge in [-0.1, -0.05) is 17.2 Å². The number of carbonyl (C=O) groups excluding carboxylic acids is 1. The Kier molecular flexibility index (Phi) is 4.20. The van der Waals surface area contributed by atoms with Crippen molar-refractivity contribution in [3.05, 3.63) is 52.9 Å². The first-order valence-electron chi connectivity index (χ1n) is 7.60. The van der Waals surface area contributed by atoms with E-state index in [0.717, 1.165) is 11.1 Å². The van der Waals surface area contributed by atoms with Crippen molar-refractivity contribution in [1.29, 1.82) is 0 Å². The van der Waals surface area contributed by atoms with E-state index in [1.165, 1.54) is 11.3 Å². The lowest BCUT2D eigenvalue weighted by Gasteiger charge is -2.01. The summed E-state index contributed by atoms with van der Waals surface area (Å²) in [6, 6.07) is 10.9. The molecular formula is C17H13N5O3S. The third-order valence-corrected chi connectivity index (χ3v) is 4.28. The molecule has 0 radical (unpaired) electrons. The summed E-state index contributed by atoms with van der Waals surface area (Å²) < 4.78 is 10.6. The number of H-pyrrole nitrogens is 1. The highest BCUT2D eigenvalue weighted by Crippen LogP contribution is 2.24. The Balaban J connectivity index is 1.50. The Morgan fingerprint density at radius 2 is 2.15 bits per heavy atom. The van der Waals surface area contributed by atoms with Crippen LogP contribution in [0.2, 0.25) is 0 Å². The van der Waals surface area contributed by atoms with Gasteiger partial charge in [0, 0.05) is 16.5 Å². The molecule has 0 saturated carbocycles. The van der Waals surface area contributed by atoms with E-state index in [0.29, 0.717) is 17.3 Å². The molecule has 0 bridgehead atoms. The molecule has 0 aliphatic carbocycles. The van der Waals surface area contributed by atoms with Gasteiger partial charge in [0.2, 0.25) is 0 Å². The number of thiophene rings is 1. The van der Waals surface area contributed by atoms with Crippen LogP contribution in [0.25, 0.3) is 22.7 Å². The van der Waals surface area contributed by atoms with Gasteiger partial charge >= 0.3 is 6.01 Å². The molecule has 0 fully saturated rings. The molecule has 4 aromatic rings. The van der Waals surface area contributed by atoms with E-state index < -0.39 is 5.91 Å². The van der Waals surface area contributed by atoms with Crippen LogP contribution in [0.5, 0.6) is 5.75 Å². The summed E-state index contributed by atoms with van der Waals surface area (Å²) in [5, 5.41) is 21.0. The lowest BCUT2D eigenvalue weighted by atomic mass is 10.1. The molecule has 26 heavy (non-hydrogen) atoms. The average Bonchev–Trinajstić information content (AvgIpc) is 3.41. The largest absolute Gasteiger partial charge is 0.497 e. The van der Waals surface area contributed by atoms with Gasteiger partial charge < -0.3 is 9.15 Å². The Bertz CT molecular complexity index is 1040. The standard InChI is InChI=1S/C17H13N5O3S/c1-24-12-4-2-3-10(7-12)13-8-14(20-19-13)15(23)18-17-22-21-16(25-17)11-5-6-26-9-11/h2-9H,1H3,(H,19,20)(H,18,22,23). The number of aromatic amines is 1. The summed E-state index contributed by atoms with van der Waals surface area (Å²) in [7, 11) is 1.59. The van der Waals surface area contributed by atoms with Gasteiger partial charge in [0.25, 0.3) is 11.8 Å². The summed E-state index contributed by atoms with van der Waals surface area (Å²) in [6.45, 7) is 0. The van der Waals surface area contributed by atoms with Gasteiger partial charge in [0.15, 0.2) is 0 Å². The number of methoxy groups -OCH3 is 1. The van der Waals surface area contributed by atoms with Crippen molar-refractivity contribution in [3.63, 3.8) is 0 Å². The normalized spacial score (nSPS) is 10.7. The summed E-state index contributed by atoms with van der Waals surface area (Å²) in [4.78, 5) is 12.3. The third kappa shape index (κ3) is 3.20. The summed E-state index contributed by atoms with van der Waals surface area (Å²) in [5.41, 5.74) is 2.54. The second-order valence-electron chi connectivity index (χ2n) is 5.28. The quantitative estimate of drug-likeness (QED) is 0.560. The molecule has 0 aliphatic heterocycles. The number of hydrogen-bond acceptors (Lipinski definition) is 7. The SMILES string of the molecule is COc1cccc(-c2cc(C(=O)Nc3nnc(-c4ccsc4)o3)[nH]n2)c1. The topological polar surface area (TPSA) is 106 Å². The molecule has 3 aromatic heterocycles. The van der Waals surface area contributed by atoms with Crippen molar-refractivity contribution in [1.82, 2.24) is 20.4 Å². The van der Waals surface area contributed by atoms with E-state index in [9.17, 15) is 4.79 Å². The van der Waals surface area contributed by atoms with E-state index in [1.54, 1.807) is 13.2 Å².